The van der Waals surface area contributed by atoms with Gasteiger partial charge >= 0.3 is 0 Å². The molecule has 0 aromatic carbocycles. The van der Waals surface area contributed by atoms with Gasteiger partial charge in [-0.15, -0.1) is 5.10 Å². The van der Waals surface area contributed by atoms with Crippen LogP contribution in [0.4, 0.5) is 11.5 Å². The summed E-state index contributed by atoms with van der Waals surface area (Å²) in [5.74, 6) is 0.114. The van der Waals surface area contributed by atoms with Gasteiger partial charge in [0.1, 0.15) is 4.88 Å². The Kier molecular flexibility index (Phi) is 2.82. The van der Waals surface area contributed by atoms with E-state index in [0.29, 0.717) is 28.5 Å². The van der Waals surface area contributed by atoms with Crippen LogP contribution in [0.2, 0.25) is 0 Å². The number of aromatic amines is 1. The van der Waals surface area contributed by atoms with Crippen LogP contribution in [0.1, 0.15) is 22.3 Å². The van der Waals surface area contributed by atoms with E-state index in [2.05, 4.69) is 25.1 Å². The molecule has 84 valence electrons. The molecule has 0 saturated carbocycles. The maximum Gasteiger partial charge on any atom is 0.270 e. The molecule has 0 bridgehead atoms. The summed E-state index contributed by atoms with van der Waals surface area (Å²) in [6.45, 7) is 1.91. The number of aromatic nitrogens is 4. The highest BCUT2D eigenvalue weighted by atomic mass is 32.1. The molecule has 0 aliphatic carbocycles. The zero-order valence-corrected chi connectivity index (χ0v) is 9.34. The summed E-state index contributed by atoms with van der Waals surface area (Å²) < 4.78 is 3.74. The van der Waals surface area contributed by atoms with Crippen molar-refractivity contribution in [3.63, 3.8) is 0 Å². The molecule has 8 heteroatoms. The maximum absolute atomic E-state index is 11.8. The lowest BCUT2D eigenvalue weighted by Crippen LogP contribution is -2.13. The van der Waals surface area contributed by atoms with E-state index in [0.717, 1.165) is 11.5 Å². The molecule has 2 aromatic rings. The number of nitrogens with one attached hydrogen (secondary N) is 2. The van der Waals surface area contributed by atoms with Crippen molar-refractivity contribution in [3.8, 4) is 0 Å². The maximum atomic E-state index is 11.8. The number of amides is 1. The standard InChI is InChI=1S/C8H10N6OS/c1-2-5-6(16-14-12-5)8(15)11-7-4(9)3-10-13-7/h3H,2,9H2,1H3,(H2,10,11,13,15). The fourth-order valence-electron chi connectivity index (χ4n) is 1.18. The zero-order chi connectivity index (χ0) is 11.5. The van der Waals surface area contributed by atoms with Gasteiger partial charge in [-0.2, -0.15) is 5.10 Å². The highest BCUT2D eigenvalue weighted by Crippen LogP contribution is 2.17. The zero-order valence-electron chi connectivity index (χ0n) is 8.52. The average molecular weight is 238 g/mol. The van der Waals surface area contributed by atoms with E-state index in [1.54, 1.807) is 0 Å². The third kappa shape index (κ3) is 1.87. The predicted octanol–water partition coefficient (Wildman–Crippen LogP) is 0.658. The predicted molar refractivity (Wildman–Crippen MR) is 60.2 cm³/mol. The van der Waals surface area contributed by atoms with Gasteiger partial charge in [0.25, 0.3) is 5.91 Å². The molecule has 0 fully saturated rings. The third-order valence-corrected chi connectivity index (χ3v) is 2.77. The van der Waals surface area contributed by atoms with Gasteiger partial charge in [0.05, 0.1) is 17.6 Å². The number of nitrogen functional groups attached to an aromatic ring is 1. The first-order valence-electron chi connectivity index (χ1n) is 4.63. The molecule has 2 aromatic heterocycles. The van der Waals surface area contributed by atoms with Crippen LogP contribution in [-0.2, 0) is 6.42 Å². The van der Waals surface area contributed by atoms with Crippen LogP contribution in [0.25, 0.3) is 0 Å². The Morgan fingerprint density at radius 2 is 2.50 bits per heavy atom. The molecular weight excluding hydrogens is 228 g/mol. The number of anilines is 2. The van der Waals surface area contributed by atoms with Gasteiger partial charge in [-0.1, -0.05) is 11.4 Å². The first-order chi connectivity index (χ1) is 7.72. The molecule has 0 aliphatic rings. The Morgan fingerprint density at radius 1 is 1.69 bits per heavy atom. The van der Waals surface area contributed by atoms with Crippen LogP contribution in [0.3, 0.4) is 0 Å². The topological polar surface area (TPSA) is 110 Å². The second-order valence-corrected chi connectivity index (χ2v) is 3.81. The van der Waals surface area contributed by atoms with Crippen molar-refractivity contribution in [2.24, 2.45) is 0 Å². The van der Waals surface area contributed by atoms with Crippen LogP contribution in [0.5, 0.6) is 0 Å². The van der Waals surface area contributed by atoms with Crippen molar-refractivity contribution >= 4 is 28.9 Å². The van der Waals surface area contributed by atoms with E-state index in [-0.39, 0.29) is 5.91 Å². The number of carbonyl (C=O) groups is 1. The van der Waals surface area contributed by atoms with Crippen LogP contribution in [0, 0.1) is 0 Å². The minimum Gasteiger partial charge on any atom is -0.394 e. The van der Waals surface area contributed by atoms with E-state index < -0.39 is 0 Å². The average Bonchev–Trinajstić information content (AvgIpc) is 2.87. The monoisotopic (exact) mass is 238 g/mol. The lowest BCUT2D eigenvalue weighted by Gasteiger charge is -2.01. The number of nitrogens with two attached hydrogens (primary N) is 1. The van der Waals surface area contributed by atoms with E-state index in [9.17, 15) is 4.79 Å². The second-order valence-electron chi connectivity index (χ2n) is 3.06. The highest BCUT2D eigenvalue weighted by molar-refractivity contribution is 7.08. The largest absolute Gasteiger partial charge is 0.394 e. The summed E-state index contributed by atoms with van der Waals surface area (Å²) in [4.78, 5) is 12.3. The summed E-state index contributed by atoms with van der Waals surface area (Å²) >= 11 is 1.06. The summed E-state index contributed by atoms with van der Waals surface area (Å²) in [5.41, 5.74) is 6.65. The lowest BCUT2D eigenvalue weighted by atomic mass is 10.3. The number of nitrogens with zero attached hydrogens (tertiary/aromatic N) is 3. The Labute approximate surface area is 95.2 Å². The number of hydrogen-bond acceptors (Lipinski definition) is 6. The molecule has 0 spiro atoms. The quantitative estimate of drug-likeness (QED) is 0.727. The second kappa shape index (κ2) is 4.27. The normalized spacial score (nSPS) is 10.3. The smallest absolute Gasteiger partial charge is 0.270 e. The van der Waals surface area contributed by atoms with Gasteiger partial charge in [0.15, 0.2) is 5.82 Å². The van der Waals surface area contributed by atoms with Gasteiger partial charge in [-0.25, -0.2) is 0 Å². The van der Waals surface area contributed by atoms with Crippen molar-refractivity contribution in [3.05, 3.63) is 16.8 Å². The summed E-state index contributed by atoms with van der Waals surface area (Å²) in [5, 5.41) is 12.8. The summed E-state index contributed by atoms with van der Waals surface area (Å²) in [6, 6.07) is 0. The van der Waals surface area contributed by atoms with Crippen molar-refractivity contribution in [1.82, 2.24) is 19.8 Å². The summed E-state index contributed by atoms with van der Waals surface area (Å²) in [6.07, 6.45) is 2.10. The molecule has 1 amide bonds. The Hall–Kier alpha value is -1.96. The van der Waals surface area contributed by atoms with E-state index >= 15 is 0 Å². The molecule has 0 saturated heterocycles. The molecule has 16 heavy (non-hydrogen) atoms. The number of carbonyl (C=O) groups excluding carboxylic acids is 1. The van der Waals surface area contributed by atoms with Crippen molar-refractivity contribution < 1.29 is 4.79 Å². The fourth-order valence-corrected chi connectivity index (χ4v) is 1.82. The molecule has 0 aliphatic heterocycles. The van der Waals surface area contributed by atoms with E-state index in [1.165, 1.54) is 6.20 Å². The van der Waals surface area contributed by atoms with E-state index in [1.807, 2.05) is 6.92 Å². The first-order valence-corrected chi connectivity index (χ1v) is 5.41. The molecule has 2 rings (SSSR count). The van der Waals surface area contributed by atoms with Gasteiger partial charge in [0.2, 0.25) is 0 Å². The molecule has 0 unspecified atom stereocenters. The van der Waals surface area contributed by atoms with Gasteiger partial charge in [-0.3, -0.25) is 9.89 Å². The fraction of sp³-hybridized carbons (Fsp3) is 0.250. The van der Waals surface area contributed by atoms with Gasteiger partial charge in [-0.05, 0) is 18.0 Å². The molecule has 2 heterocycles. The number of H-pyrrole nitrogens is 1. The van der Waals surface area contributed by atoms with Crippen molar-refractivity contribution in [2.45, 2.75) is 13.3 Å². The molecule has 0 radical (unpaired) electrons. The van der Waals surface area contributed by atoms with Crippen molar-refractivity contribution in [1.29, 1.82) is 0 Å². The molecule has 7 nitrogen and oxygen atoms in total. The minimum atomic E-state index is -0.275. The number of hydrogen-bond donors (Lipinski definition) is 3. The Balaban J connectivity index is 2.18. The van der Waals surface area contributed by atoms with Gasteiger partial charge in [0, 0.05) is 0 Å². The van der Waals surface area contributed by atoms with Crippen molar-refractivity contribution in [2.75, 3.05) is 11.1 Å². The molecular formula is C8H10N6OS. The number of rotatable bonds is 3. The Bertz CT molecular complexity index is 504. The minimum absolute atomic E-state index is 0.275. The molecule has 4 N–H and O–H groups in total. The third-order valence-electron chi connectivity index (χ3n) is 2.00. The molecule has 0 atom stereocenters. The van der Waals surface area contributed by atoms with Crippen LogP contribution < -0.4 is 11.1 Å². The van der Waals surface area contributed by atoms with Crippen LogP contribution >= 0.6 is 11.5 Å². The van der Waals surface area contributed by atoms with Crippen LogP contribution in [0.15, 0.2) is 6.20 Å². The van der Waals surface area contributed by atoms with Gasteiger partial charge < -0.3 is 11.1 Å². The summed E-state index contributed by atoms with van der Waals surface area (Å²) in [7, 11) is 0. The highest BCUT2D eigenvalue weighted by Gasteiger charge is 2.16. The van der Waals surface area contributed by atoms with E-state index in [4.69, 9.17) is 5.73 Å². The number of aryl methyl sites for hydroxylation is 1. The lowest BCUT2D eigenvalue weighted by molar-refractivity contribution is 0.102. The SMILES string of the molecule is CCc1nnsc1C(=O)Nc1[nH]ncc1N. The van der Waals surface area contributed by atoms with Crippen LogP contribution in [-0.4, -0.2) is 25.7 Å². The Morgan fingerprint density at radius 3 is 3.12 bits per heavy atom. The first kappa shape index (κ1) is 10.6.